The van der Waals surface area contributed by atoms with Gasteiger partial charge >= 0.3 is 6.03 Å². The van der Waals surface area contributed by atoms with Crippen LogP contribution >= 0.6 is 34.5 Å². The van der Waals surface area contributed by atoms with Crippen LogP contribution in [0.25, 0.3) is 0 Å². The van der Waals surface area contributed by atoms with Gasteiger partial charge in [-0.25, -0.2) is 4.79 Å². The summed E-state index contributed by atoms with van der Waals surface area (Å²) >= 11 is 13.1. The predicted molar refractivity (Wildman–Crippen MR) is 73.4 cm³/mol. The van der Waals surface area contributed by atoms with Crippen LogP contribution in [-0.4, -0.2) is 6.03 Å². The topological polar surface area (TPSA) is 41.1 Å². The van der Waals surface area contributed by atoms with Gasteiger partial charge in [-0.1, -0.05) is 23.2 Å². The Kier molecular flexibility index (Phi) is 3.89. The average Bonchev–Trinajstić information content (AvgIpc) is 2.67. The Morgan fingerprint density at radius 3 is 2.41 bits per heavy atom. The number of amides is 2. The molecule has 2 rings (SSSR count). The largest absolute Gasteiger partial charge is 0.324 e. The van der Waals surface area contributed by atoms with E-state index in [9.17, 15) is 4.79 Å². The number of anilines is 2. The summed E-state index contributed by atoms with van der Waals surface area (Å²) in [6, 6.07) is 8.20. The minimum Gasteiger partial charge on any atom is -0.308 e. The molecule has 2 N–H and O–H groups in total. The van der Waals surface area contributed by atoms with Gasteiger partial charge in [0.15, 0.2) is 0 Å². The van der Waals surface area contributed by atoms with E-state index in [0.717, 1.165) is 5.00 Å². The Labute approximate surface area is 112 Å². The summed E-state index contributed by atoms with van der Waals surface area (Å²) in [7, 11) is 0. The first-order chi connectivity index (χ1) is 8.13. The number of halogens is 2. The lowest BCUT2D eigenvalue weighted by molar-refractivity contribution is 0.262. The first kappa shape index (κ1) is 12.2. The van der Waals surface area contributed by atoms with Crippen molar-refractivity contribution in [3.63, 3.8) is 0 Å². The number of rotatable bonds is 2. The van der Waals surface area contributed by atoms with Gasteiger partial charge in [0.25, 0.3) is 0 Å². The highest BCUT2D eigenvalue weighted by Gasteiger charge is 2.04. The van der Waals surface area contributed by atoms with Crippen molar-refractivity contribution in [2.45, 2.75) is 0 Å². The summed E-state index contributed by atoms with van der Waals surface area (Å²) < 4.78 is 0. The molecule has 0 aliphatic carbocycles. The van der Waals surface area contributed by atoms with Gasteiger partial charge in [0.2, 0.25) is 0 Å². The molecule has 1 aromatic heterocycles. The molecule has 88 valence electrons. The summed E-state index contributed by atoms with van der Waals surface area (Å²) in [4.78, 5) is 11.6. The number of benzene rings is 1. The van der Waals surface area contributed by atoms with Gasteiger partial charge in [0.1, 0.15) is 0 Å². The molecule has 0 aliphatic heterocycles. The molecule has 0 atom stereocenters. The average molecular weight is 287 g/mol. The Bertz CT molecular complexity index is 508. The van der Waals surface area contributed by atoms with E-state index in [1.165, 1.54) is 11.3 Å². The van der Waals surface area contributed by atoms with Crippen molar-refractivity contribution >= 4 is 51.3 Å². The third-order valence-corrected chi connectivity index (χ3v) is 3.10. The fourth-order valence-corrected chi connectivity index (χ4v) is 2.39. The monoisotopic (exact) mass is 286 g/mol. The molecule has 6 heteroatoms. The van der Waals surface area contributed by atoms with E-state index in [1.807, 2.05) is 17.5 Å². The number of thiophene rings is 1. The fourth-order valence-electron chi connectivity index (χ4n) is 1.25. The van der Waals surface area contributed by atoms with Gasteiger partial charge in [-0.2, -0.15) is 0 Å². The van der Waals surface area contributed by atoms with E-state index in [-0.39, 0.29) is 6.03 Å². The molecule has 2 aromatic rings. The maximum atomic E-state index is 11.6. The van der Waals surface area contributed by atoms with Crippen LogP contribution in [0.4, 0.5) is 15.5 Å². The molecular weight excluding hydrogens is 279 g/mol. The molecular formula is C11H8Cl2N2OS. The lowest BCUT2D eigenvalue weighted by Gasteiger charge is -2.06. The third-order valence-electron chi connectivity index (χ3n) is 1.88. The molecule has 0 saturated heterocycles. The molecule has 3 nitrogen and oxygen atoms in total. The number of hydrogen-bond donors (Lipinski definition) is 2. The van der Waals surface area contributed by atoms with Crippen molar-refractivity contribution in [2.24, 2.45) is 0 Å². The van der Waals surface area contributed by atoms with E-state index >= 15 is 0 Å². The summed E-state index contributed by atoms with van der Waals surface area (Å²) in [5.41, 5.74) is 0.552. The van der Waals surface area contributed by atoms with Crippen LogP contribution in [0.5, 0.6) is 0 Å². The Morgan fingerprint density at radius 2 is 1.82 bits per heavy atom. The maximum Gasteiger partial charge on any atom is 0.324 e. The van der Waals surface area contributed by atoms with Crippen LogP contribution in [0, 0.1) is 0 Å². The van der Waals surface area contributed by atoms with E-state index in [2.05, 4.69) is 10.6 Å². The molecule has 0 spiro atoms. The molecule has 1 aromatic carbocycles. The number of nitrogens with one attached hydrogen (secondary N) is 2. The van der Waals surface area contributed by atoms with Crippen molar-refractivity contribution in [3.05, 3.63) is 45.8 Å². The van der Waals surface area contributed by atoms with E-state index < -0.39 is 0 Å². The molecule has 17 heavy (non-hydrogen) atoms. The molecule has 1 heterocycles. The molecule has 2 amide bonds. The van der Waals surface area contributed by atoms with Crippen LogP contribution < -0.4 is 10.6 Å². The molecule has 0 saturated carbocycles. The lowest BCUT2D eigenvalue weighted by Crippen LogP contribution is -2.18. The second-order valence-electron chi connectivity index (χ2n) is 3.21. The second-order valence-corrected chi connectivity index (χ2v) is 5.04. The zero-order chi connectivity index (χ0) is 12.3. The fraction of sp³-hybridized carbons (Fsp3) is 0. The van der Waals surface area contributed by atoms with Crippen LogP contribution in [0.3, 0.4) is 0 Å². The Balaban J connectivity index is 2.03. The maximum absolute atomic E-state index is 11.6. The van der Waals surface area contributed by atoms with Crippen LogP contribution in [0.15, 0.2) is 35.7 Å². The van der Waals surface area contributed by atoms with Crippen molar-refractivity contribution in [2.75, 3.05) is 10.6 Å². The number of urea groups is 1. The molecule has 0 bridgehead atoms. The quantitative estimate of drug-likeness (QED) is 0.826. The number of carbonyl (C=O) groups excluding carboxylic acids is 1. The summed E-state index contributed by atoms with van der Waals surface area (Å²) in [5.74, 6) is 0. The van der Waals surface area contributed by atoms with Crippen molar-refractivity contribution < 1.29 is 4.79 Å². The van der Waals surface area contributed by atoms with Gasteiger partial charge in [-0.05, 0) is 35.7 Å². The number of carbonyl (C=O) groups is 1. The Morgan fingerprint density at radius 1 is 1.12 bits per heavy atom. The SMILES string of the molecule is O=C(Nc1cc(Cl)cc(Cl)c1)Nc1cccs1. The highest BCUT2D eigenvalue weighted by Crippen LogP contribution is 2.23. The standard InChI is InChI=1S/C11H8Cl2N2OS/c12-7-4-8(13)6-9(5-7)14-11(16)15-10-2-1-3-17-10/h1-6H,(H2,14,15,16). The lowest BCUT2D eigenvalue weighted by atomic mass is 10.3. The minimum atomic E-state index is -0.328. The molecule has 0 radical (unpaired) electrons. The first-order valence-corrected chi connectivity index (χ1v) is 6.34. The smallest absolute Gasteiger partial charge is 0.308 e. The second kappa shape index (κ2) is 5.40. The zero-order valence-electron chi connectivity index (χ0n) is 8.54. The van der Waals surface area contributed by atoms with Crippen LogP contribution in [-0.2, 0) is 0 Å². The highest BCUT2D eigenvalue weighted by atomic mass is 35.5. The van der Waals surface area contributed by atoms with Crippen LogP contribution in [0.2, 0.25) is 10.0 Å². The molecule has 0 aliphatic rings. The van der Waals surface area contributed by atoms with Gasteiger partial charge in [0, 0.05) is 15.7 Å². The highest BCUT2D eigenvalue weighted by molar-refractivity contribution is 7.14. The summed E-state index contributed by atoms with van der Waals surface area (Å²) in [6.07, 6.45) is 0. The van der Waals surface area contributed by atoms with Crippen molar-refractivity contribution in [1.82, 2.24) is 0 Å². The van der Waals surface area contributed by atoms with Gasteiger partial charge in [0.05, 0.1) is 5.00 Å². The first-order valence-electron chi connectivity index (χ1n) is 4.71. The summed E-state index contributed by atoms with van der Waals surface area (Å²) in [5, 5.41) is 8.95. The van der Waals surface area contributed by atoms with Gasteiger partial charge in [-0.3, -0.25) is 5.32 Å². The van der Waals surface area contributed by atoms with E-state index in [1.54, 1.807) is 18.2 Å². The normalized spacial score (nSPS) is 10.0. The molecule has 0 unspecified atom stereocenters. The van der Waals surface area contributed by atoms with Crippen molar-refractivity contribution in [3.8, 4) is 0 Å². The summed E-state index contributed by atoms with van der Waals surface area (Å²) in [6.45, 7) is 0. The zero-order valence-corrected chi connectivity index (χ0v) is 10.9. The van der Waals surface area contributed by atoms with Crippen molar-refractivity contribution in [1.29, 1.82) is 0 Å². The number of hydrogen-bond acceptors (Lipinski definition) is 2. The minimum absolute atomic E-state index is 0.328. The van der Waals surface area contributed by atoms with Crippen LogP contribution in [0.1, 0.15) is 0 Å². The van der Waals surface area contributed by atoms with Gasteiger partial charge < -0.3 is 5.32 Å². The predicted octanol–water partition coefficient (Wildman–Crippen LogP) is 4.70. The Hall–Kier alpha value is -1.23. The molecule has 0 fully saturated rings. The third kappa shape index (κ3) is 3.63. The van der Waals surface area contributed by atoms with E-state index in [0.29, 0.717) is 15.7 Å². The van der Waals surface area contributed by atoms with E-state index in [4.69, 9.17) is 23.2 Å². The van der Waals surface area contributed by atoms with Gasteiger partial charge in [-0.15, -0.1) is 11.3 Å².